The number of unbranched alkanes of at least 4 members (excludes halogenated alkanes) is 3. The molecule has 4 heteroatoms. The van der Waals surface area contributed by atoms with Crippen molar-refractivity contribution in [3.8, 4) is 0 Å². The van der Waals surface area contributed by atoms with E-state index in [2.05, 4.69) is 23.7 Å². The predicted molar refractivity (Wildman–Crippen MR) is 108 cm³/mol. The second kappa shape index (κ2) is 9.95. The lowest BCUT2D eigenvalue weighted by molar-refractivity contribution is 0.102. The first-order valence-corrected chi connectivity index (χ1v) is 9.68. The predicted octanol–water partition coefficient (Wildman–Crippen LogP) is 4.94. The van der Waals surface area contributed by atoms with E-state index in [0.29, 0.717) is 11.3 Å². The number of amides is 1. The van der Waals surface area contributed by atoms with E-state index in [1.165, 1.54) is 0 Å². The molecule has 140 valence electrons. The molecule has 0 saturated heterocycles. The van der Waals surface area contributed by atoms with Gasteiger partial charge in [-0.25, -0.2) is 0 Å². The van der Waals surface area contributed by atoms with E-state index in [1.807, 2.05) is 37.3 Å². The van der Waals surface area contributed by atoms with Crippen LogP contribution < -0.4 is 10.7 Å². The third kappa shape index (κ3) is 5.07. The summed E-state index contributed by atoms with van der Waals surface area (Å²) in [4.78, 5) is 25.6. The number of pyridine rings is 1. The van der Waals surface area contributed by atoms with Crippen molar-refractivity contribution >= 4 is 11.6 Å². The molecular weight excluding hydrogens is 324 g/mol. The Morgan fingerprint density at radius 3 is 2.38 bits per heavy atom. The molecule has 0 bridgehead atoms. The smallest absolute Gasteiger partial charge is 0.261 e. The van der Waals surface area contributed by atoms with E-state index in [0.717, 1.165) is 56.5 Å². The van der Waals surface area contributed by atoms with E-state index in [-0.39, 0.29) is 11.3 Å². The standard InChI is InChI=1S/C22H30N2O2/c1-4-6-9-14-19-21(22(26)23-18-12-10-8-11-13-18)20(25)16-17(3)24(19)15-7-5-2/h8,10-13,16H,4-7,9,14-15H2,1-3H3,(H,23,26). The van der Waals surface area contributed by atoms with Crippen molar-refractivity contribution in [1.82, 2.24) is 4.57 Å². The average molecular weight is 354 g/mol. The van der Waals surface area contributed by atoms with Gasteiger partial charge in [-0.2, -0.15) is 0 Å². The molecule has 0 aliphatic heterocycles. The highest BCUT2D eigenvalue weighted by Gasteiger charge is 2.20. The molecule has 2 aromatic rings. The lowest BCUT2D eigenvalue weighted by Gasteiger charge is -2.20. The largest absolute Gasteiger partial charge is 0.348 e. The number of aryl methyl sites for hydroxylation is 1. The molecule has 2 rings (SSSR count). The Morgan fingerprint density at radius 1 is 1.04 bits per heavy atom. The minimum Gasteiger partial charge on any atom is -0.348 e. The van der Waals surface area contributed by atoms with Gasteiger partial charge in [-0.3, -0.25) is 9.59 Å². The maximum absolute atomic E-state index is 12.9. The first kappa shape index (κ1) is 20.0. The zero-order chi connectivity index (χ0) is 18.9. The summed E-state index contributed by atoms with van der Waals surface area (Å²) >= 11 is 0. The number of carbonyl (C=O) groups is 1. The fourth-order valence-electron chi connectivity index (χ4n) is 3.22. The van der Waals surface area contributed by atoms with Crippen molar-refractivity contribution in [3.05, 3.63) is 63.6 Å². The monoisotopic (exact) mass is 354 g/mol. The maximum Gasteiger partial charge on any atom is 0.261 e. The normalized spacial score (nSPS) is 10.7. The molecule has 26 heavy (non-hydrogen) atoms. The third-order valence-electron chi connectivity index (χ3n) is 4.64. The van der Waals surface area contributed by atoms with Gasteiger partial charge in [0.25, 0.3) is 5.91 Å². The molecule has 1 N–H and O–H groups in total. The van der Waals surface area contributed by atoms with Gasteiger partial charge in [0.15, 0.2) is 5.43 Å². The van der Waals surface area contributed by atoms with E-state index in [1.54, 1.807) is 6.07 Å². The summed E-state index contributed by atoms with van der Waals surface area (Å²) in [6.45, 7) is 7.11. The maximum atomic E-state index is 12.9. The molecule has 1 aromatic carbocycles. The van der Waals surface area contributed by atoms with Crippen molar-refractivity contribution in [2.45, 2.75) is 65.8 Å². The Kier molecular flexibility index (Phi) is 7.64. The van der Waals surface area contributed by atoms with Crippen LogP contribution in [-0.2, 0) is 13.0 Å². The fraction of sp³-hybridized carbons (Fsp3) is 0.455. The molecule has 0 radical (unpaired) electrons. The van der Waals surface area contributed by atoms with Gasteiger partial charge in [0.05, 0.1) is 0 Å². The average Bonchev–Trinajstić information content (AvgIpc) is 2.62. The molecule has 0 unspecified atom stereocenters. The zero-order valence-electron chi connectivity index (χ0n) is 16.2. The number of rotatable bonds is 9. The Bertz CT molecular complexity index is 779. The van der Waals surface area contributed by atoms with Crippen molar-refractivity contribution in [3.63, 3.8) is 0 Å². The van der Waals surface area contributed by atoms with Crippen LogP contribution in [0.5, 0.6) is 0 Å². The fourth-order valence-corrected chi connectivity index (χ4v) is 3.22. The van der Waals surface area contributed by atoms with Crippen LogP contribution in [0.15, 0.2) is 41.2 Å². The number of hydrogen-bond donors (Lipinski definition) is 1. The lowest BCUT2D eigenvalue weighted by Crippen LogP contribution is -2.28. The van der Waals surface area contributed by atoms with E-state index in [4.69, 9.17) is 0 Å². The minimum atomic E-state index is -0.307. The van der Waals surface area contributed by atoms with E-state index >= 15 is 0 Å². The van der Waals surface area contributed by atoms with Gasteiger partial charge in [-0.15, -0.1) is 0 Å². The summed E-state index contributed by atoms with van der Waals surface area (Å²) in [5, 5.41) is 2.88. The highest BCUT2D eigenvalue weighted by atomic mass is 16.2. The number of aromatic nitrogens is 1. The zero-order valence-corrected chi connectivity index (χ0v) is 16.2. The van der Waals surface area contributed by atoms with Crippen LogP contribution in [0.3, 0.4) is 0 Å². The minimum absolute atomic E-state index is 0.185. The second-order valence-corrected chi connectivity index (χ2v) is 6.75. The summed E-state index contributed by atoms with van der Waals surface area (Å²) in [5.41, 5.74) is 2.63. The SMILES string of the molecule is CCCCCc1c(C(=O)Nc2ccccc2)c(=O)cc(C)n1CCCC. The number of hydrogen-bond acceptors (Lipinski definition) is 2. The van der Waals surface area contributed by atoms with Crippen LogP contribution >= 0.6 is 0 Å². The first-order valence-electron chi connectivity index (χ1n) is 9.68. The van der Waals surface area contributed by atoms with Crippen molar-refractivity contribution in [1.29, 1.82) is 0 Å². The topological polar surface area (TPSA) is 51.1 Å². The number of nitrogens with one attached hydrogen (secondary N) is 1. The Hall–Kier alpha value is -2.36. The molecule has 1 aromatic heterocycles. The second-order valence-electron chi connectivity index (χ2n) is 6.75. The van der Waals surface area contributed by atoms with Crippen LogP contribution in [0.1, 0.15) is 67.7 Å². The molecule has 0 aliphatic carbocycles. The number of nitrogens with zero attached hydrogens (tertiary/aromatic N) is 1. The van der Waals surface area contributed by atoms with Crippen molar-refractivity contribution in [2.24, 2.45) is 0 Å². The van der Waals surface area contributed by atoms with Gasteiger partial charge in [-0.05, 0) is 38.3 Å². The highest BCUT2D eigenvalue weighted by molar-refractivity contribution is 6.05. The third-order valence-corrected chi connectivity index (χ3v) is 4.64. The van der Waals surface area contributed by atoms with Crippen LogP contribution in [0.2, 0.25) is 0 Å². The first-order chi connectivity index (χ1) is 12.6. The van der Waals surface area contributed by atoms with Gasteiger partial charge in [0.2, 0.25) is 0 Å². The summed E-state index contributed by atoms with van der Waals surface area (Å²) in [6, 6.07) is 10.9. The molecule has 0 saturated carbocycles. The summed E-state index contributed by atoms with van der Waals surface area (Å²) in [6.07, 6.45) is 6.05. The van der Waals surface area contributed by atoms with Gasteiger partial charge in [-0.1, -0.05) is 51.3 Å². The summed E-state index contributed by atoms with van der Waals surface area (Å²) in [7, 11) is 0. The molecule has 0 fully saturated rings. The van der Waals surface area contributed by atoms with Crippen LogP contribution in [0.4, 0.5) is 5.69 Å². The summed E-state index contributed by atoms with van der Waals surface area (Å²) < 4.78 is 2.17. The van der Waals surface area contributed by atoms with Crippen molar-refractivity contribution in [2.75, 3.05) is 5.32 Å². The summed E-state index contributed by atoms with van der Waals surface area (Å²) in [5.74, 6) is -0.307. The molecule has 0 aliphatic rings. The lowest BCUT2D eigenvalue weighted by atomic mass is 10.0. The Balaban J connectivity index is 2.43. The number of benzene rings is 1. The quantitative estimate of drug-likeness (QED) is 0.648. The number of carbonyl (C=O) groups excluding carboxylic acids is 1. The molecule has 0 spiro atoms. The van der Waals surface area contributed by atoms with E-state index < -0.39 is 0 Å². The van der Waals surface area contributed by atoms with Gasteiger partial charge in [0, 0.05) is 29.7 Å². The van der Waals surface area contributed by atoms with E-state index in [9.17, 15) is 9.59 Å². The number of para-hydroxylation sites is 1. The van der Waals surface area contributed by atoms with Gasteiger partial charge in [0.1, 0.15) is 5.56 Å². The van der Waals surface area contributed by atoms with Crippen molar-refractivity contribution < 1.29 is 4.79 Å². The molecule has 1 amide bonds. The Morgan fingerprint density at radius 2 is 1.73 bits per heavy atom. The number of anilines is 1. The van der Waals surface area contributed by atoms with Gasteiger partial charge < -0.3 is 9.88 Å². The van der Waals surface area contributed by atoms with Gasteiger partial charge >= 0.3 is 0 Å². The molecular formula is C22H30N2O2. The highest BCUT2D eigenvalue weighted by Crippen LogP contribution is 2.16. The molecule has 0 atom stereocenters. The van der Waals surface area contributed by atoms with Crippen LogP contribution in [-0.4, -0.2) is 10.5 Å². The molecule has 4 nitrogen and oxygen atoms in total. The molecule has 1 heterocycles. The van der Waals surface area contributed by atoms with Crippen LogP contribution in [0, 0.1) is 6.92 Å². The Labute approximate surface area is 156 Å². The van der Waals surface area contributed by atoms with Crippen LogP contribution in [0.25, 0.3) is 0 Å².